The summed E-state index contributed by atoms with van der Waals surface area (Å²) in [5, 5.41) is 11.8. The van der Waals surface area contributed by atoms with E-state index in [0.717, 1.165) is 6.20 Å². The second kappa shape index (κ2) is 15.1. The lowest BCUT2D eigenvalue weighted by atomic mass is 9.89. The maximum absolute atomic E-state index is 16.3. The second-order valence-corrected chi connectivity index (χ2v) is 12.6. The number of hydrogen-bond donors (Lipinski definition) is 2. The number of nitrogens with one attached hydrogen (secondary N) is 1. The van der Waals surface area contributed by atoms with Gasteiger partial charge in [0.2, 0.25) is 5.91 Å². The number of carboxylic acids is 1. The van der Waals surface area contributed by atoms with Gasteiger partial charge in [0.1, 0.15) is 17.7 Å². The first kappa shape index (κ1) is 39.2. The van der Waals surface area contributed by atoms with Gasteiger partial charge in [0.05, 0.1) is 23.6 Å². The lowest BCUT2D eigenvalue weighted by molar-refractivity contribution is -0.140. The zero-order valence-corrected chi connectivity index (χ0v) is 27.6. The molecule has 0 saturated carbocycles. The van der Waals surface area contributed by atoms with Gasteiger partial charge in [0.25, 0.3) is 5.56 Å². The third-order valence-corrected chi connectivity index (χ3v) is 7.96. The molecule has 49 heavy (non-hydrogen) atoms. The highest BCUT2D eigenvalue weighted by molar-refractivity contribution is 5.82. The number of carboxylic acid groups (broad SMARTS) is 1. The minimum absolute atomic E-state index is 0.00797. The molecule has 1 heterocycles. The summed E-state index contributed by atoms with van der Waals surface area (Å²) in [5.41, 5.74) is -6.14. The van der Waals surface area contributed by atoms with Crippen molar-refractivity contribution in [3.05, 3.63) is 91.9 Å². The minimum atomic E-state index is -5.37. The Hall–Kier alpha value is -4.27. The molecule has 0 fully saturated rings. The van der Waals surface area contributed by atoms with E-state index in [4.69, 9.17) is 0 Å². The van der Waals surface area contributed by atoms with Crippen LogP contribution in [0.1, 0.15) is 72.2 Å². The van der Waals surface area contributed by atoms with Crippen LogP contribution in [0.25, 0.3) is 11.1 Å². The molecule has 2 unspecified atom stereocenters. The van der Waals surface area contributed by atoms with Gasteiger partial charge in [-0.1, -0.05) is 32.0 Å². The van der Waals surface area contributed by atoms with Crippen molar-refractivity contribution in [1.82, 2.24) is 14.8 Å². The number of rotatable bonds is 12. The summed E-state index contributed by atoms with van der Waals surface area (Å²) in [6, 6.07) is 1.27. The molecular weight excluding hydrogens is 666 g/mol. The average Bonchev–Trinajstić information content (AvgIpc) is 2.94. The maximum Gasteiger partial charge on any atom is 0.419 e. The zero-order valence-electron chi connectivity index (χ0n) is 27.6. The molecule has 0 saturated heterocycles. The van der Waals surface area contributed by atoms with Crippen molar-refractivity contribution in [2.75, 3.05) is 20.6 Å². The Labute approximate surface area is 277 Å². The fraction of sp³-hybridized carbons (Fsp3) is 0.441. The molecule has 0 radical (unpaired) electrons. The zero-order chi connectivity index (χ0) is 37.2. The van der Waals surface area contributed by atoms with Gasteiger partial charge < -0.3 is 19.9 Å². The number of carbonyl (C=O) groups excluding carboxylic acids is 1. The Morgan fingerprint density at radius 2 is 1.51 bits per heavy atom. The predicted molar refractivity (Wildman–Crippen MR) is 166 cm³/mol. The molecule has 1 amide bonds. The van der Waals surface area contributed by atoms with Crippen molar-refractivity contribution in [1.29, 1.82) is 0 Å². The summed E-state index contributed by atoms with van der Waals surface area (Å²) < 4.78 is 117. The maximum atomic E-state index is 16.3. The van der Waals surface area contributed by atoms with E-state index >= 15 is 8.78 Å². The molecule has 0 spiro atoms. The molecule has 2 N–H and O–H groups in total. The quantitative estimate of drug-likeness (QED) is 0.191. The fourth-order valence-corrected chi connectivity index (χ4v) is 5.69. The summed E-state index contributed by atoms with van der Waals surface area (Å²) in [7, 11) is 3.22. The number of pyridine rings is 1. The monoisotopic (exact) mass is 703 g/mol. The number of hydrogen-bond acceptors (Lipinski definition) is 4. The van der Waals surface area contributed by atoms with E-state index in [9.17, 15) is 45.8 Å². The highest BCUT2D eigenvalue weighted by Gasteiger charge is 2.41. The second-order valence-electron chi connectivity index (χ2n) is 12.6. The highest BCUT2D eigenvalue weighted by Crippen LogP contribution is 2.42. The van der Waals surface area contributed by atoms with Crippen LogP contribution in [-0.4, -0.2) is 47.1 Å². The largest absolute Gasteiger partial charge is 0.481 e. The number of nitrogens with zero attached hydrogens (tertiary/aromatic N) is 2. The van der Waals surface area contributed by atoms with Crippen LogP contribution >= 0.6 is 0 Å². The number of amides is 1. The first-order chi connectivity index (χ1) is 22.5. The molecular formula is C34H37F8N3O4. The Bertz CT molecular complexity index is 1740. The molecule has 0 aliphatic rings. The van der Waals surface area contributed by atoms with Gasteiger partial charge in [-0.3, -0.25) is 14.4 Å². The first-order valence-corrected chi connectivity index (χ1v) is 15.2. The molecule has 3 rings (SSSR count). The van der Waals surface area contributed by atoms with Crippen LogP contribution in [-0.2, 0) is 28.4 Å². The number of aromatic nitrogens is 1. The predicted octanol–water partition coefficient (Wildman–Crippen LogP) is 7.47. The molecule has 3 aromatic rings. The van der Waals surface area contributed by atoms with Gasteiger partial charge in [-0.25, -0.2) is 8.78 Å². The number of likely N-dealkylation sites (N-methyl/N-ethyl adjacent to an activating group) is 1. The minimum Gasteiger partial charge on any atom is -0.481 e. The topological polar surface area (TPSA) is 91.6 Å². The average molecular weight is 704 g/mol. The number of aryl methyl sites for hydroxylation is 2. The third kappa shape index (κ3) is 9.25. The normalized spacial score (nSPS) is 13.6. The van der Waals surface area contributed by atoms with E-state index in [0.29, 0.717) is 21.8 Å². The van der Waals surface area contributed by atoms with E-state index in [1.165, 1.54) is 26.0 Å². The molecule has 268 valence electrons. The van der Waals surface area contributed by atoms with Crippen LogP contribution < -0.4 is 10.9 Å². The molecule has 0 bridgehead atoms. The first-order valence-electron chi connectivity index (χ1n) is 15.2. The Balaban J connectivity index is 2.28. The van der Waals surface area contributed by atoms with Gasteiger partial charge in [0, 0.05) is 29.9 Å². The summed E-state index contributed by atoms with van der Waals surface area (Å²) in [6.07, 6.45) is -11.1. The smallest absolute Gasteiger partial charge is 0.419 e. The molecule has 15 heteroatoms. The van der Waals surface area contributed by atoms with E-state index in [1.807, 2.05) is 0 Å². The van der Waals surface area contributed by atoms with Crippen LogP contribution in [0.4, 0.5) is 35.1 Å². The number of aliphatic carboxylic acids is 1. The van der Waals surface area contributed by atoms with Gasteiger partial charge >= 0.3 is 18.3 Å². The summed E-state index contributed by atoms with van der Waals surface area (Å²) in [6.45, 7) is 6.32. The summed E-state index contributed by atoms with van der Waals surface area (Å²) in [5.74, 6) is -7.10. The van der Waals surface area contributed by atoms with Crippen molar-refractivity contribution in [2.45, 2.75) is 71.4 Å². The van der Waals surface area contributed by atoms with Gasteiger partial charge in [0.15, 0.2) is 0 Å². The van der Waals surface area contributed by atoms with Crippen LogP contribution in [0, 0.1) is 31.4 Å². The summed E-state index contributed by atoms with van der Waals surface area (Å²) >= 11 is 0. The third-order valence-electron chi connectivity index (χ3n) is 7.96. The van der Waals surface area contributed by atoms with Crippen LogP contribution in [0.15, 0.2) is 41.3 Å². The van der Waals surface area contributed by atoms with E-state index in [-0.39, 0.29) is 36.6 Å². The molecule has 7 nitrogen and oxygen atoms in total. The molecule has 1 aromatic heterocycles. The number of alkyl halides is 6. The van der Waals surface area contributed by atoms with Gasteiger partial charge in [-0.05, 0) is 75.0 Å². The number of halogens is 8. The van der Waals surface area contributed by atoms with Crippen LogP contribution in [0.5, 0.6) is 0 Å². The van der Waals surface area contributed by atoms with Crippen molar-refractivity contribution in [2.24, 2.45) is 5.92 Å². The summed E-state index contributed by atoms with van der Waals surface area (Å²) in [4.78, 5) is 40.5. The molecule has 2 atom stereocenters. The Morgan fingerprint density at radius 1 is 0.939 bits per heavy atom. The Morgan fingerprint density at radius 3 is 2.00 bits per heavy atom. The molecule has 0 aliphatic carbocycles. The van der Waals surface area contributed by atoms with Crippen molar-refractivity contribution in [3.63, 3.8) is 0 Å². The standard InChI is InChI=1S/C34H37F8N3O4/c1-17(2)12-25(45-16-20(10-11-44(5)6)22(14-26(45)46)33(37,38)39)32(49)43-24(15-27(47)48)29-30(35)21(13-23(31(29)36)34(40,41)42)28-18(3)8-7-9-19(28)4/h7-9,13-14,16-17,24-25H,10-12,15H2,1-6H3,(H,43,49)(H,47,48). The lowest BCUT2D eigenvalue weighted by Crippen LogP contribution is -2.41. The van der Waals surface area contributed by atoms with Crippen molar-refractivity contribution < 1.29 is 49.8 Å². The van der Waals surface area contributed by atoms with Crippen molar-refractivity contribution in [3.8, 4) is 11.1 Å². The Kier molecular flexibility index (Phi) is 12.1. The SMILES string of the molecule is Cc1cccc(C)c1-c1cc(C(F)(F)F)c(F)c(C(CC(=O)O)NC(=O)C(CC(C)C)n2cc(CCN(C)C)c(C(F)(F)F)cc2=O)c1F. The van der Waals surface area contributed by atoms with Crippen LogP contribution in [0.2, 0.25) is 0 Å². The van der Waals surface area contributed by atoms with Crippen molar-refractivity contribution >= 4 is 11.9 Å². The molecule has 0 aliphatic heterocycles. The van der Waals surface area contributed by atoms with Gasteiger partial charge in [-0.15, -0.1) is 0 Å². The van der Waals surface area contributed by atoms with Crippen LogP contribution in [0.3, 0.4) is 0 Å². The van der Waals surface area contributed by atoms with E-state index in [2.05, 4.69) is 5.32 Å². The molecule has 2 aromatic carbocycles. The van der Waals surface area contributed by atoms with E-state index in [1.54, 1.807) is 38.9 Å². The highest BCUT2D eigenvalue weighted by atomic mass is 19.4. The fourth-order valence-electron chi connectivity index (χ4n) is 5.69. The van der Waals surface area contributed by atoms with E-state index < -0.39 is 88.1 Å². The number of benzene rings is 2. The number of carbonyl (C=O) groups is 2. The van der Waals surface area contributed by atoms with Gasteiger partial charge in [-0.2, -0.15) is 26.3 Å². The lowest BCUT2D eigenvalue weighted by Gasteiger charge is -2.27.